The van der Waals surface area contributed by atoms with Gasteiger partial charge in [0.1, 0.15) is 78.5 Å². The molecule has 8 aromatic rings. The Balaban J connectivity index is 1.20. The average Bonchev–Trinajstić information content (AvgIpc) is 0.752. The summed E-state index contributed by atoms with van der Waals surface area (Å²) in [6.45, 7) is 35.1. The second-order valence-corrected chi connectivity index (χ2v) is 46.8. The van der Waals surface area contributed by atoms with Crippen molar-refractivity contribution in [3.63, 3.8) is 0 Å². The molecule has 0 amide bonds. The molecule has 3 aliphatic rings. The number of ether oxygens (including phenoxy) is 9. The molecule has 556 valence electrons. The summed E-state index contributed by atoms with van der Waals surface area (Å²) in [6.07, 6.45) is -0.933. The fraction of sp³-hybridized carbons (Fsp3) is 0.414. The molecule has 0 unspecified atom stereocenters. The van der Waals surface area contributed by atoms with Crippen LogP contribution in [0, 0.1) is 0 Å². The van der Waals surface area contributed by atoms with Gasteiger partial charge < -0.3 is 55.9 Å². The van der Waals surface area contributed by atoms with Crippen molar-refractivity contribution in [2.45, 2.75) is 232 Å². The van der Waals surface area contributed by atoms with E-state index in [0.29, 0.717) is 92.4 Å². The highest BCUT2D eigenvalue weighted by Gasteiger charge is 2.52. The lowest BCUT2D eigenvalue weighted by Crippen LogP contribution is -2.46. The number of esters is 3. The molecule has 0 aliphatic carbocycles. The summed E-state index contributed by atoms with van der Waals surface area (Å²) in [5.74, 6) is 1.33. The predicted molar refractivity (Wildman–Crippen MR) is 418 cm³/mol. The smallest absolute Gasteiger partial charge is 0.311 e. The Morgan fingerprint density at radius 1 is 0.429 bits per heavy atom. The van der Waals surface area contributed by atoms with Gasteiger partial charge in [-0.2, -0.15) is 0 Å². The van der Waals surface area contributed by atoms with E-state index in [2.05, 4.69) is 102 Å². The zero-order valence-corrected chi connectivity index (χ0v) is 67.2. The van der Waals surface area contributed by atoms with Crippen molar-refractivity contribution < 1.29 is 70.3 Å². The first-order valence-corrected chi connectivity index (χ1v) is 45.8. The van der Waals surface area contributed by atoms with Crippen molar-refractivity contribution in [3.05, 3.63) is 226 Å². The van der Waals surface area contributed by atoms with Crippen LogP contribution < -0.4 is 46.4 Å². The van der Waals surface area contributed by atoms with Crippen LogP contribution in [0.2, 0.25) is 54.4 Å². The standard InChI is InChI=1S/C87H106O15Si3/c1-58(88)95-75-52-66-69(96-81(75)63-45-47-68(100-103(11,12)85(2,3)4)71(49-63)101-104(13,14)86(5,6)7)53-74(102-105(15,16)87(8,9)10)79-80-78-72(94-57-62-40-30-23-31-41-62)50-65(91-54-59-34-24-20-25-35-59)51-73(78)97-82(84(80)99-77(90)43-33-19-17-18-32-42-76(89)98-83(66)79)64-44-46-67(92-55-60-36-26-21-27-37-60)70(48-64)93-56-61-38-28-22-29-39-61/h20-31,34-41,44-51,53,75,80-82,84H,17-19,32-33,42-43,52,54-57H2,1-16H3/t75-,80-,81+,82+,84-/m0/s1. The highest BCUT2D eigenvalue weighted by Crippen LogP contribution is 2.60. The van der Waals surface area contributed by atoms with Crippen molar-refractivity contribution in [2.75, 3.05) is 0 Å². The molecule has 3 heterocycles. The SMILES string of the molecule is CC(=O)O[C@H]1Cc2c(cc(O[Si](C)(C)C(C)(C)C)c3c2OC(=O)CCCCCCCC(=O)O[C@H]2[C@H]3c3c(OCc4ccccc4)cc(OCc4ccccc4)cc3O[C@@H]2c2ccc(OCc3ccccc3)c(OCc3ccccc3)c2)O[C@@H]1c1ccc(O[Si](C)(C)C(C)(C)C)c(O[Si](C)(C)C(C)(C)C)c1. The summed E-state index contributed by atoms with van der Waals surface area (Å²) in [4.78, 5) is 44.7. The normalized spacial score (nSPS) is 18.2. The molecule has 0 bridgehead atoms. The van der Waals surface area contributed by atoms with Gasteiger partial charge in [-0.25, -0.2) is 0 Å². The van der Waals surface area contributed by atoms with Crippen LogP contribution in [0.1, 0.15) is 182 Å². The van der Waals surface area contributed by atoms with Crippen LogP contribution in [0.15, 0.2) is 176 Å². The molecule has 0 N–H and O–H groups in total. The number of carbonyl (C=O) groups is 3. The van der Waals surface area contributed by atoms with Crippen LogP contribution in [0.25, 0.3) is 0 Å². The van der Waals surface area contributed by atoms with E-state index in [1.807, 2.05) is 176 Å². The van der Waals surface area contributed by atoms with Gasteiger partial charge in [0.2, 0.25) is 8.32 Å². The van der Waals surface area contributed by atoms with E-state index < -0.39 is 78.2 Å². The average molecular weight is 1480 g/mol. The third kappa shape index (κ3) is 18.8. The van der Waals surface area contributed by atoms with Crippen molar-refractivity contribution >= 4 is 42.9 Å². The molecule has 5 atom stereocenters. The van der Waals surface area contributed by atoms with E-state index in [9.17, 15) is 4.79 Å². The summed E-state index contributed by atoms with van der Waals surface area (Å²) in [6, 6.07) is 56.8. The van der Waals surface area contributed by atoms with Crippen molar-refractivity contribution in [2.24, 2.45) is 0 Å². The molecular formula is C87H106O15Si3. The van der Waals surface area contributed by atoms with Gasteiger partial charge >= 0.3 is 17.9 Å². The van der Waals surface area contributed by atoms with E-state index in [-0.39, 0.29) is 61.5 Å². The number of carbonyl (C=O) groups excluding carboxylic acids is 3. The van der Waals surface area contributed by atoms with Crippen LogP contribution in [0.5, 0.6) is 57.5 Å². The molecule has 0 radical (unpaired) electrons. The molecule has 3 aliphatic heterocycles. The van der Waals surface area contributed by atoms with Crippen molar-refractivity contribution in [1.29, 1.82) is 0 Å². The molecule has 11 rings (SSSR count). The van der Waals surface area contributed by atoms with Crippen LogP contribution in [0.4, 0.5) is 0 Å². The third-order valence-electron chi connectivity index (χ3n) is 21.6. The van der Waals surface area contributed by atoms with Crippen LogP contribution in [-0.2, 0) is 56.7 Å². The minimum Gasteiger partial charge on any atom is -0.543 e. The Morgan fingerprint density at radius 2 is 0.867 bits per heavy atom. The zero-order valence-electron chi connectivity index (χ0n) is 64.2. The Hall–Kier alpha value is -8.98. The van der Waals surface area contributed by atoms with Crippen LogP contribution in [0.3, 0.4) is 0 Å². The molecule has 15 nitrogen and oxygen atoms in total. The van der Waals surface area contributed by atoms with Gasteiger partial charge in [0.15, 0.2) is 29.8 Å². The molecule has 18 heteroatoms. The first-order valence-electron chi connectivity index (χ1n) is 37.1. The maximum Gasteiger partial charge on any atom is 0.311 e. The van der Waals surface area contributed by atoms with Crippen molar-refractivity contribution in [1.82, 2.24) is 0 Å². The lowest BCUT2D eigenvalue weighted by Gasteiger charge is -2.43. The first kappa shape index (κ1) is 77.1. The summed E-state index contributed by atoms with van der Waals surface area (Å²) in [5, 5.41) is -0.730. The fourth-order valence-electron chi connectivity index (χ4n) is 12.5. The monoisotopic (exact) mass is 1470 g/mol. The largest absolute Gasteiger partial charge is 0.543 e. The highest BCUT2D eigenvalue weighted by molar-refractivity contribution is 6.76. The summed E-state index contributed by atoms with van der Waals surface area (Å²) in [5.41, 5.74) is 6.23. The quantitative estimate of drug-likeness (QED) is 0.0379. The maximum absolute atomic E-state index is 15.4. The second kappa shape index (κ2) is 32.4. The minimum absolute atomic E-state index is 0.00362. The molecule has 0 fully saturated rings. The molecule has 8 aromatic carbocycles. The van der Waals surface area contributed by atoms with Gasteiger partial charge in [-0.15, -0.1) is 0 Å². The molecule has 0 saturated carbocycles. The second-order valence-electron chi connectivity index (χ2n) is 32.6. The van der Waals surface area contributed by atoms with E-state index in [1.165, 1.54) is 6.92 Å². The van der Waals surface area contributed by atoms with Gasteiger partial charge in [0.25, 0.3) is 16.6 Å². The van der Waals surface area contributed by atoms with Gasteiger partial charge in [-0.3, -0.25) is 14.4 Å². The van der Waals surface area contributed by atoms with E-state index >= 15 is 9.59 Å². The Labute approximate surface area is 624 Å². The Bertz CT molecular complexity index is 4310. The molecule has 0 aromatic heterocycles. The summed E-state index contributed by atoms with van der Waals surface area (Å²) >= 11 is 0. The Kier molecular flexibility index (Phi) is 23.8. The number of hydrogen-bond acceptors (Lipinski definition) is 15. The third-order valence-corrected chi connectivity index (χ3v) is 34.6. The lowest BCUT2D eigenvalue weighted by molar-refractivity contribution is -0.157. The topological polar surface area (TPSA) is 162 Å². The predicted octanol–water partition coefficient (Wildman–Crippen LogP) is 21.6. The summed E-state index contributed by atoms with van der Waals surface area (Å²) in [7, 11) is -8.01. The molecule has 105 heavy (non-hydrogen) atoms. The van der Waals surface area contributed by atoms with E-state index in [1.54, 1.807) is 0 Å². The van der Waals surface area contributed by atoms with Gasteiger partial charge in [-0.05, 0) is 119 Å². The van der Waals surface area contributed by atoms with Gasteiger partial charge in [0.05, 0.1) is 5.92 Å². The highest BCUT2D eigenvalue weighted by atomic mass is 28.4. The van der Waals surface area contributed by atoms with Crippen LogP contribution in [-0.4, -0.2) is 55.1 Å². The lowest BCUT2D eigenvalue weighted by atomic mass is 9.77. The molecule has 0 saturated heterocycles. The van der Waals surface area contributed by atoms with E-state index in [0.717, 1.165) is 41.5 Å². The van der Waals surface area contributed by atoms with Gasteiger partial charge in [0, 0.05) is 66.6 Å². The minimum atomic E-state index is -3.02. The number of fused-ring (bicyclic) bond motifs is 7. The van der Waals surface area contributed by atoms with Crippen molar-refractivity contribution in [3.8, 4) is 57.5 Å². The zero-order chi connectivity index (χ0) is 75.1. The maximum atomic E-state index is 15.4. The summed E-state index contributed by atoms with van der Waals surface area (Å²) < 4.78 is 85.7. The fourth-order valence-corrected chi connectivity index (χ4v) is 15.5. The molecular weight excluding hydrogens is 1370 g/mol. The number of hydrogen-bond donors (Lipinski definition) is 0. The number of benzene rings is 8. The number of rotatable bonds is 21. The Morgan fingerprint density at radius 3 is 1.39 bits per heavy atom. The van der Waals surface area contributed by atoms with Gasteiger partial charge in [-0.1, -0.05) is 215 Å². The molecule has 0 spiro atoms. The first-order chi connectivity index (χ1) is 49.8. The van der Waals surface area contributed by atoms with Crippen LogP contribution >= 0.6 is 0 Å². The van der Waals surface area contributed by atoms with E-state index in [4.69, 9.17) is 55.9 Å².